The normalized spacial score (nSPS) is 23.1. The van der Waals surface area contributed by atoms with Crippen LogP contribution in [0.15, 0.2) is 17.0 Å². The summed E-state index contributed by atoms with van der Waals surface area (Å²) in [4.78, 5) is -0.0668. The van der Waals surface area contributed by atoms with Crippen LogP contribution in [-0.2, 0) is 14.8 Å². The highest BCUT2D eigenvalue weighted by molar-refractivity contribution is 7.89. The van der Waals surface area contributed by atoms with Gasteiger partial charge < -0.3 is 10.5 Å². The van der Waals surface area contributed by atoms with Crippen molar-refractivity contribution in [2.45, 2.75) is 36.3 Å². The van der Waals surface area contributed by atoms with Gasteiger partial charge in [-0.25, -0.2) is 13.1 Å². The molecule has 2 atom stereocenters. The molecule has 0 spiro atoms. The van der Waals surface area contributed by atoms with Crippen LogP contribution < -0.4 is 10.5 Å². The maximum Gasteiger partial charge on any atom is 0.242 e. The summed E-state index contributed by atoms with van der Waals surface area (Å²) in [7, 11) is -2.18. The van der Waals surface area contributed by atoms with Crippen LogP contribution in [0.2, 0.25) is 10.0 Å². The number of nitrogens with two attached hydrogens (primary N) is 1. The molecule has 3 N–H and O–H groups in total. The predicted octanol–water partition coefficient (Wildman–Crippen LogP) is 2.42. The second-order valence-corrected chi connectivity index (χ2v) is 7.17. The predicted molar refractivity (Wildman–Crippen MR) is 79.6 cm³/mol. The summed E-state index contributed by atoms with van der Waals surface area (Å²) >= 11 is 11.8. The molecule has 2 rings (SSSR count). The minimum atomic E-state index is -3.76. The minimum Gasteiger partial charge on any atom is -0.396 e. The molecule has 1 saturated carbocycles. The number of rotatable bonds is 4. The van der Waals surface area contributed by atoms with Crippen molar-refractivity contribution in [3.8, 4) is 0 Å². The van der Waals surface area contributed by atoms with Crippen LogP contribution in [0.25, 0.3) is 0 Å². The topological polar surface area (TPSA) is 81.4 Å². The maximum atomic E-state index is 12.4. The Morgan fingerprint density at radius 3 is 2.70 bits per heavy atom. The Kier molecular flexibility index (Phi) is 4.81. The molecule has 0 amide bonds. The molecule has 20 heavy (non-hydrogen) atoms. The third-order valence-corrected chi connectivity index (χ3v) is 5.82. The molecule has 0 heterocycles. The summed E-state index contributed by atoms with van der Waals surface area (Å²) < 4.78 is 32.7. The van der Waals surface area contributed by atoms with Gasteiger partial charge in [0.25, 0.3) is 0 Å². The molecule has 2 unspecified atom stereocenters. The van der Waals surface area contributed by atoms with Gasteiger partial charge in [-0.1, -0.05) is 23.2 Å². The Labute approximate surface area is 128 Å². The van der Waals surface area contributed by atoms with Gasteiger partial charge in [-0.3, -0.25) is 0 Å². The first kappa shape index (κ1) is 15.9. The van der Waals surface area contributed by atoms with Crippen LogP contribution in [0, 0.1) is 0 Å². The first-order valence-corrected chi connectivity index (χ1v) is 8.39. The number of anilines is 1. The molecular weight excluding hydrogens is 323 g/mol. The highest BCUT2D eigenvalue weighted by Crippen LogP contribution is 2.33. The van der Waals surface area contributed by atoms with Gasteiger partial charge in [-0.15, -0.1) is 0 Å². The Bertz CT molecular complexity index is 607. The van der Waals surface area contributed by atoms with Crippen LogP contribution in [0.3, 0.4) is 0 Å². The highest BCUT2D eigenvalue weighted by Gasteiger charge is 2.32. The summed E-state index contributed by atoms with van der Waals surface area (Å²) in [5.74, 6) is 0. The van der Waals surface area contributed by atoms with Gasteiger partial charge >= 0.3 is 0 Å². The van der Waals surface area contributed by atoms with Gasteiger partial charge in [0, 0.05) is 13.2 Å². The summed E-state index contributed by atoms with van der Waals surface area (Å²) in [5.41, 5.74) is 5.72. The van der Waals surface area contributed by atoms with E-state index in [1.807, 2.05) is 0 Å². The number of hydrogen-bond acceptors (Lipinski definition) is 4. The number of ether oxygens (including phenoxy) is 1. The van der Waals surface area contributed by atoms with Gasteiger partial charge in [0.15, 0.2) is 0 Å². The number of methoxy groups -OCH3 is 1. The van der Waals surface area contributed by atoms with E-state index in [4.69, 9.17) is 33.7 Å². The van der Waals surface area contributed by atoms with Crippen molar-refractivity contribution in [2.75, 3.05) is 12.8 Å². The fraction of sp³-hybridized carbons (Fsp3) is 0.500. The van der Waals surface area contributed by atoms with Crippen LogP contribution >= 0.6 is 23.2 Å². The lowest BCUT2D eigenvalue weighted by atomic mass is 10.2. The maximum absolute atomic E-state index is 12.4. The van der Waals surface area contributed by atoms with E-state index < -0.39 is 10.0 Å². The molecule has 0 bridgehead atoms. The van der Waals surface area contributed by atoms with Gasteiger partial charge in [0.1, 0.15) is 4.90 Å². The average Bonchev–Trinajstić information content (AvgIpc) is 2.82. The molecule has 0 saturated heterocycles. The fourth-order valence-electron chi connectivity index (χ4n) is 2.36. The molecule has 0 radical (unpaired) electrons. The van der Waals surface area contributed by atoms with E-state index in [2.05, 4.69) is 4.72 Å². The van der Waals surface area contributed by atoms with Gasteiger partial charge in [0.2, 0.25) is 10.0 Å². The molecule has 112 valence electrons. The second kappa shape index (κ2) is 6.07. The number of sulfonamides is 1. The van der Waals surface area contributed by atoms with Gasteiger partial charge in [0.05, 0.1) is 21.8 Å². The molecule has 0 aliphatic heterocycles. The van der Waals surface area contributed by atoms with Crippen molar-refractivity contribution in [1.29, 1.82) is 0 Å². The standard InChI is InChI=1S/C12H16Cl2N2O3S/c1-19-9-4-2-3-8(9)16-20(17,18)10-6-5-7(13)12(15)11(10)14/h5-6,8-9,16H,2-4,15H2,1H3. The zero-order valence-electron chi connectivity index (χ0n) is 10.9. The number of hydrogen-bond donors (Lipinski definition) is 2. The van der Waals surface area contributed by atoms with Crippen LogP contribution in [0.4, 0.5) is 5.69 Å². The first-order chi connectivity index (χ1) is 9.36. The van der Waals surface area contributed by atoms with Crippen molar-refractivity contribution >= 4 is 38.9 Å². The molecule has 5 nitrogen and oxygen atoms in total. The van der Waals surface area contributed by atoms with E-state index in [-0.39, 0.29) is 32.8 Å². The summed E-state index contributed by atoms with van der Waals surface area (Å²) in [6, 6.07) is 2.51. The Morgan fingerprint density at radius 2 is 2.05 bits per heavy atom. The molecule has 1 aliphatic rings. The third kappa shape index (κ3) is 3.04. The van der Waals surface area contributed by atoms with E-state index in [0.717, 1.165) is 19.3 Å². The lowest BCUT2D eigenvalue weighted by Crippen LogP contribution is -2.40. The third-order valence-electron chi connectivity index (χ3n) is 3.44. The van der Waals surface area contributed by atoms with Crippen LogP contribution in [-0.4, -0.2) is 27.7 Å². The number of halogens is 2. The smallest absolute Gasteiger partial charge is 0.242 e. The van der Waals surface area contributed by atoms with E-state index in [1.165, 1.54) is 12.1 Å². The van der Waals surface area contributed by atoms with Crippen LogP contribution in [0.5, 0.6) is 0 Å². The zero-order valence-corrected chi connectivity index (χ0v) is 13.2. The van der Waals surface area contributed by atoms with E-state index >= 15 is 0 Å². The molecule has 8 heteroatoms. The lowest BCUT2D eigenvalue weighted by molar-refractivity contribution is 0.0916. The van der Waals surface area contributed by atoms with Crippen molar-refractivity contribution in [3.63, 3.8) is 0 Å². The molecule has 1 aromatic carbocycles. The molecule has 0 aromatic heterocycles. The first-order valence-electron chi connectivity index (χ1n) is 6.15. The Morgan fingerprint density at radius 1 is 1.35 bits per heavy atom. The van der Waals surface area contributed by atoms with E-state index in [0.29, 0.717) is 0 Å². The lowest BCUT2D eigenvalue weighted by Gasteiger charge is -2.20. The molecule has 1 fully saturated rings. The SMILES string of the molecule is COC1CCCC1NS(=O)(=O)c1ccc(Cl)c(N)c1Cl. The minimum absolute atomic E-state index is 0.0584. The van der Waals surface area contributed by atoms with Crippen molar-refractivity contribution in [2.24, 2.45) is 0 Å². The molecular formula is C12H16Cl2N2O3S. The van der Waals surface area contributed by atoms with Gasteiger partial charge in [-0.2, -0.15) is 0 Å². The number of nitrogen functional groups attached to an aromatic ring is 1. The Balaban J connectivity index is 2.29. The number of benzene rings is 1. The molecule has 1 aliphatic carbocycles. The van der Waals surface area contributed by atoms with Crippen LogP contribution in [0.1, 0.15) is 19.3 Å². The fourth-order valence-corrected chi connectivity index (χ4v) is 4.43. The molecule has 1 aromatic rings. The quantitative estimate of drug-likeness (QED) is 0.826. The monoisotopic (exact) mass is 338 g/mol. The number of nitrogens with one attached hydrogen (secondary N) is 1. The second-order valence-electron chi connectivity index (χ2n) is 4.71. The van der Waals surface area contributed by atoms with Crippen molar-refractivity contribution in [3.05, 3.63) is 22.2 Å². The van der Waals surface area contributed by atoms with E-state index in [1.54, 1.807) is 7.11 Å². The largest absolute Gasteiger partial charge is 0.396 e. The summed E-state index contributed by atoms with van der Waals surface area (Å²) in [6.07, 6.45) is 2.37. The average molecular weight is 339 g/mol. The zero-order chi connectivity index (χ0) is 14.9. The van der Waals surface area contributed by atoms with Crippen molar-refractivity contribution in [1.82, 2.24) is 4.72 Å². The van der Waals surface area contributed by atoms with E-state index in [9.17, 15) is 8.42 Å². The Hall–Kier alpha value is -0.530. The van der Waals surface area contributed by atoms with Gasteiger partial charge in [-0.05, 0) is 31.4 Å². The summed E-state index contributed by atoms with van der Waals surface area (Å²) in [6.45, 7) is 0. The summed E-state index contributed by atoms with van der Waals surface area (Å²) in [5, 5.41) is 0.168. The highest BCUT2D eigenvalue weighted by atomic mass is 35.5. The van der Waals surface area contributed by atoms with Crippen molar-refractivity contribution < 1.29 is 13.2 Å².